The Labute approximate surface area is 80.1 Å². The van der Waals surface area contributed by atoms with Gasteiger partial charge in [-0.3, -0.25) is 14.9 Å². The monoisotopic (exact) mass is 192 g/mol. The predicted octanol–water partition coefficient (Wildman–Crippen LogP) is 1.11. The number of anilines is 1. The lowest BCUT2D eigenvalue weighted by Crippen LogP contribution is -2.20. The van der Waals surface area contributed by atoms with Gasteiger partial charge in [-0.05, 0) is 11.6 Å². The largest absolute Gasteiger partial charge is 0.315 e. The third kappa shape index (κ3) is 1.14. The van der Waals surface area contributed by atoms with Crippen LogP contribution in [0.1, 0.15) is 5.56 Å². The van der Waals surface area contributed by atoms with Gasteiger partial charge in [0.1, 0.15) is 0 Å². The first-order chi connectivity index (χ1) is 6.59. The van der Waals surface area contributed by atoms with Gasteiger partial charge in [0.05, 0.1) is 11.3 Å². The maximum Gasteiger partial charge on any atom is 0.269 e. The van der Waals surface area contributed by atoms with Crippen molar-refractivity contribution in [2.24, 2.45) is 0 Å². The SMILES string of the molecule is CN1C(=O)Cc2cc([N+](=O)[O-])ccc21. The van der Waals surface area contributed by atoms with E-state index in [0.717, 1.165) is 11.3 Å². The minimum Gasteiger partial charge on any atom is -0.315 e. The highest BCUT2D eigenvalue weighted by molar-refractivity contribution is 6.01. The van der Waals surface area contributed by atoms with E-state index in [9.17, 15) is 14.9 Å². The fraction of sp³-hybridized carbons (Fsp3) is 0.222. The van der Waals surface area contributed by atoms with E-state index in [2.05, 4.69) is 0 Å². The van der Waals surface area contributed by atoms with Gasteiger partial charge in [0.25, 0.3) is 5.69 Å². The van der Waals surface area contributed by atoms with Crippen LogP contribution in [0.4, 0.5) is 11.4 Å². The molecule has 1 aliphatic rings. The smallest absolute Gasteiger partial charge is 0.269 e. The van der Waals surface area contributed by atoms with Gasteiger partial charge in [-0.25, -0.2) is 0 Å². The minimum absolute atomic E-state index is 0.0273. The highest BCUT2D eigenvalue weighted by atomic mass is 16.6. The average Bonchev–Trinajstić information content (AvgIpc) is 2.42. The van der Waals surface area contributed by atoms with Crippen LogP contribution in [0.2, 0.25) is 0 Å². The van der Waals surface area contributed by atoms with Crippen LogP contribution in [0, 0.1) is 10.1 Å². The fourth-order valence-corrected chi connectivity index (χ4v) is 1.57. The van der Waals surface area contributed by atoms with Gasteiger partial charge >= 0.3 is 0 Å². The van der Waals surface area contributed by atoms with Gasteiger partial charge in [0, 0.05) is 24.9 Å². The van der Waals surface area contributed by atoms with Crippen molar-refractivity contribution in [3.05, 3.63) is 33.9 Å². The van der Waals surface area contributed by atoms with E-state index >= 15 is 0 Å². The maximum absolute atomic E-state index is 11.3. The molecule has 0 bridgehead atoms. The number of non-ortho nitro benzene ring substituents is 1. The molecular weight excluding hydrogens is 184 g/mol. The second-order valence-corrected chi connectivity index (χ2v) is 3.20. The van der Waals surface area contributed by atoms with Crippen LogP contribution in [-0.2, 0) is 11.2 Å². The molecule has 0 N–H and O–H groups in total. The Morgan fingerprint density at radius 3 is 2.86 bits per heavy atom. The van der Waals surface area contributed by atoms with Gasteiger partial charge in [-0.2, -0.15) is 0 Å². The zero-order valence-corrected chi connectivity index (χ0v) is 7.56. The van der Waals surface area contributed by atoms with Crippen molar-refractivity contribution in [1.29, 1.82) is 0 Å². The molecular formula is C9H8N2O3. The molecule has 14 heavy (non-hydrogen) atoms. The van der Waals surface area contributed by atoms with E-state index in [4.69, 9.17) is 0 Å². The first kappa shape index (κ1) is 8.68. The normalized spacial score (nSPS) is 14.4. The van der Waals surface area contributed by atoms with Crippen LogP contribution in [0.5, 0.6) is 0 Å². The molecule has 5 heteroatoms. The van der Waals surface area contributed by atoms with Crippen LogP contribution in [0.25, 0.3) is 0 Å². The van der Waals surface area contributed by atoms with E-state index in [1.807, 2.05) is 0 Å². The van der Waals surface area contributed by atoms with Crippen molar-refractivity contribution in [3.63, 3.8) is 0 Å². The molecule has 1 heterocycles. The standard InChI is InChI=1S/C9H8N2O3/c1-10-8-3-2-7(11(13)14)4-6(8)5-9(10)12/h2-4H,5H2,1H3. The van der Waals surface area contributed by atoms with Crippen LogP contribution in [0.3, 0.4) is 0 Å². The molecule has 72 valence electrons. The summed E-state index contributed by atoms with van der Waals surface area (Å²) < 4.78 is 0. The van der Waals surface area contributed by atoms with E-state index in [1.165, 1.54) is 17.0 Å². The second kappa shape index (κ2) is 2.80. The Morgan fingerprint density at radius 2 is 2.21 bits per heavy atom. The number of carbonyl (C=O) groups excluding carboxylic acids is 1. The Balaban J connectivity index is 2.49. The Bertz CT molecular complexity index is 428. The predicted molar refractivity (Wildman–Crippen MR) is 50.2 cm³/mol. The number of rotatable bonds is 1. The lowest BCUT2D eigenvalue weighted by atomic mass is 10.1. The summed E-state index contributed by atoms with van der Waals surface area (Å²) >= 11 is 0. The average molecular weight is 192 g/mol. The van der Waals surface area contributed by atoms with Crippen LogP contribution < -0.4 is 4.90 Å². The molecule has 0 aromatic heterocycles. The molecule has 0 aliphatic carbocycles. The first-order valence-electron chi connectivity index (χ1n) is 4.13. The van der Waals surface area contributed by atoms with Gasteiger partial charge < -0.3 is 4.90 Å². The summed E-state index contributed by atoms with van der Waals surface area (Å²) in [5.74, 6) is -0.0273. The molecule has 1 amide bonds. The summed E-state index contributed by atoms with van der Waals surface area (Å²) in [4.78, 5) is 22.8. The van der Waals surface area contributed by atoms with Gasteiger partial charge in [0.2, 0.25) is 5.91 Å². The third-order valence-electron chi connectivity index (χ3n) is 2.35. The minimum atomic E-state index is -0.455. The van der Waals surface area contributed by atoms with Gasteiger partial charge in [0.15, 0.2) is 0 Å². The van der Waals surface area contributed by atoms with Crippen LogP contribution >= 0.6 is 0 Å². The molecule has 0 saturated carbocycles. The first-order valence-corrected chi connectivity index (χ1v) is 4.13. The lowest BCUT2D eigenvalue weighted by molar-refractivity contribution is -0.384. The summed E-state index contributed by atoms with van der Waals surface area (Å²) in [6.07, 6.45) is 0.257. The zero-order valence-electron chi connectivity index (χ0n) is 7.56. The van der Waals surface area contributed by atoms with Crippen molar-refractivity contribution in [2.75, 3.05) is 11.9 Å². The number of likely N-dealkylation sites (N-methyl/N-ethyl adjacent to an activating group) is 1. The molecule has 2 rings (SSSR count). The van der Waals surface area contributed by atoms with Crippen molar-refractivity contribution in [3.8, 4) is 0 Å². The van der Waals surface area contributed by atoms with Gasteiger partial charge in [-0.1, -0.05) is 0 Å². The van der Waals surface area contributed by atoms with Crippen molar-refractivity contribution in [2.45, 2.75) is 6.42 Å². The number of fused-ring (bicyclic) bond motifs is 1. The van der Waals surface area contributed by atoms with E-state index < -0.39 is 4.92 Å². The number of benzene rings is 1. The quantitative estimate of drug-likeness (QED) is 0.494. The van der Waals surface area contributed by atoms with E-state index in [1.54, 1.807) is 13.1 Å². The van der Waals surface area contributed by atoms with Crippen molar-refractivity contribution >= 4 is 17.3 Å². The molecule has 0 radical (unpaired) electrons. The Hall–Kier alpha value is -1.91. The number of nitrogens with zero attached hydrogens (tertiary/aromatic N) is 2. The second-order valence-electron chi connectivity index (χ2n) is 3.20. The molecule has 5 nitrogen and oxygen atoms in total. The topological polar surface area (TPSA) is 63.5 Å². The summed E-state index contributed by atoms with van der Waals surface area (Å²) in [6.45, 7) is 0. The van der Waals surface area contributed by atoms with Crippen LogP contribution in [-0.4, -0.2) is 17.9 Å². The number of hydrogen-bond donors (Lipinski definition) is 0. The maximum atomic E-state index is 11.3. The van der Waals surface area contributed by atoms with E-state index in [0.29, 0.717) is 0 Å². The summed E-state index contributed by atoms with van der Waals surface area (Å²) in [6, 6.07) is 4.48. The molecule has 0 saturated heterocycles. The number of amides is 1. The van der Waals surface area contributed by atoms with Crippen molar-refractivity contribution < 1.29 is 9.72 Å². The highest BCUT2D eigenvalue weighted by Crippen LogP contribution is 2.30. The third-order valence-corrected chi connectivity index (χ3v) is 2.35. The highest BCUT2D eigenvalue weighted by Gasteiger charge is 2.25. The summed E-state index contributed by atoms with van der Waals surface area (Å²) in [7, 11) is 1.67. The molecule has 1 aliphatic heterocycles. The van der Waals surface area contributed by atoms with E-state index in [-0.39, 0.29) is 18.0 Å². The number of hydrogen-bond acceptors (Lipinski definition) is 3. The Morgan fingerprint density at radius 1 is 1.50 bits per heavy atom. The molecule has 0 atom stereocenters. The number of carbonyl (C=O) groups is 1. The number of nitro groups is 1. The van der Waals surface area contributed by atoms with Gasteiger partial charge in [-0.15, -0.1) is 0 Å². The number of nitro benzene ring substituents is 1. The molecule has 0 spiro atoms. The molecule has 0 unspecified atom stereocenters. The fourth-order valence-electron chi connectivity index (χ4n) is 1.57. The summed E-state index contributed by atoms with van der Waals surface area (Å²) in [5.41, 5.74) is 1.53. The van der Waals surface area contributed by atoms with Crippen molar-refractivity contribution in [1.82, 2.24) is 0 Å². The summed E-state index contributed by atoms with van der Waals surface area (Å²) in [5, 5.41) is 10.5. The molecule has 1 aromatic rings. The van der Waals surface area contributed by atoms with Crippen LogP contribution in [0.15, 0.2) is 18.2 Å². The molecule has 1 aromatic carbocycles. The Kier molecular flexibility index (Phi) is 1.73. The molecule has 0 fully saturated rings. The lowest BCUT2D eigenvalue weighted by Gasteiger charge is -2.08. The zero-order chi connectivity index (χ0) is 10.3.